The van der Waals surface area contributed by atoms with E-state index in [1.54, 1.807) is 14.2 Å². The molecular weight excluding hydrogens is 480 g/mol. The van der Waals surface area contributed by atoms with Crippen molar-refractivity contribution in [2.45, 2.75) is 25.8 Å². The molecule has 0 spiro atoms. The van der Waals surface area contributed by atoms with E-state index in [2.05, 4.69) is 31.1 Å². The number of anilines is 2. The highest BCUT2D eigenvalue weighted by Crippen LogP contribution is 2.36. The normalized spacial score (nSPS) is 17.7. The molecule has 0 atom stereocenters. The molecule has 0 saturated carbocycles. The Hall–Kier alpha value is -3.14. The van der Waals surface area contributed by atoms with Crippen molar-refractivity contribution in [1.29, 1.82) is 0 Å². The number of hydrogen-bond acceptors (Lipinski definition) is 9. The van der Waals surface area contributed by atoms with E-state index in [0.717, 1.165) is 80.3 Å². The molecule has 0 unspecified atom stereocenters. The van der Waals surface area contributed by atoms with Gasteiger partial charge in [0.05, 0.1) is 26.0 Å². The van der Waals surface area contributed by atoms with Gasteiger partial charge in [0.1, 0.15) is 11.6 Å². The number of aromatic nitrogens is 2. The standard InChI is InChI=1S/C22H25N5O2.C7H15NO/c1-29-22-24-19-14-27(20-13-16(28)12-15-4-2-3-5-17(15)20)9-6-18(19)21(25-22)26-10-7-23-8-11-26;1-9-7-6-8-4-2-3-5-8/h2-5,12-13,23,28H,6-11,14H2,1H3;2-7H2,1H3. The lowest BCUT2D eigenvalue weighted by molar-refractivity contribution is 0.161. The number of methoxy groups -OCH3 is 2. The lowest BCUT2D eigenvalue weighted by atomic mass is 10.0. The highest BCUT2D eigenvalue weighted by atomic mass is 16.5. The maximum atomic E-state index is 10.2. The first kappa shape index (κ1) is 26.5. The van der Waals surface area contributed by atoms with Crippen molar-refractivity contribution in [2.75, 3.05) is 83.0 Å². The Morgan fingerprint density at radius 2 is 1.74 bits per heavy atom. The molecular formula is C29H40N6O3. The fraction of sp³-hybridized carbons (Fsp3) is 0.517. The lowest BCUT2D eigenvalue weighted by Crippen LogP contribution is -2.45. The van der Waals surface area contributed by atoms with Gasteiger partial charge in [-0.3, -0.25) is 0 Å². The average Bonchev–Trinajstić information content (AvgIpc) is 3.49. The van der Waals surface area contributed by atoms with Gasteiger partial charge in [-0.1, -0.05) is 24.3 Å². The van der Waals surface area contributed by atoms with Gasteiger partial charge < -0.3 is 34.6 Å². The summed E-state index contributed by atoms with van der Waals surface area (Å²) < 4.78 is 10.4. The molecule has 3 aliphatic heterocycles. The van der Waals surface area contributed by atoms with Crippen molar-refractivity contribution in [3.63, 3.8) is 0 Å². The Morgan fingerprint density at radius 1 is 0.947 bits per heavy atom. The molecule has 9 nitrogen and oxygen atoms in total. The van der Waals surface area contributed by atoms with E-state index >= 15 is 0 Å². The Labute approximate surface area is 225 Å². The van der Waals surface area contributed by atoms with Gasteiger partial charge in [-0.05, 0) is 43.8 Å². The van der Waals surface area contributed by atoms with Crippen LogP contribution in [-0.2, 0) is 17.7 Å². The van der Waals surface area contributed by atoms with Crippen molar-refractivity contribution in [3.05, 3.63) is 47.7 Å². The molecule has 0 bridgehead atoms. The number of phenolic OH excluding ortho intramolecular Hbond substituents is 1. The molecule has 2 saturated heterocycles. The molecule has 2 aromatic carbocycles. The third-order valence-electron chi connectivity index (χ3n) is 7.60. The summed E-state index contributed by atoms with van der Waals surface area (Å²) in [7, 11) is 3.38. The van der Waals surface area contributed by atoms with E-state index in [0.29, 0.717) is 12.6 Å². The number of rotatable bonds is 6. The summed E-state index contributed by atoms with van der Waals surface area (Å²) in [6, 6.07) is 12.2. The van der Waals surface area contributed by atoms with Crippen LogP contribution in [0.5, 0.6) is 11.8 Å². The van der Waals surface area contributed by atoms with Gasteiger partial charge in [-0.2, -0.15) is 9.97 Å². The number of aromatic hydroxyl groups is 1. The third-order valence-corrected chi connectivity index (χ3v) is 7.60. The van der Waals surface area contributed by atoms with Gasteiger partial charge >= 0.3 is 6.01 Å². The summed E-state index contributed by atoms with van der Waals surface area (Å²) in [5, 5.41) is 15.8. The number of ether oxygens (including phenoxy) is 2. The summed E-state index contributed by atoms with van der Waals surface area (Å²) in [6.45, 7) is 9.89. The molecule has 3 aliphatic rings. The predicted molar refractivity (Wildman–Crippen MR) is 152 cm³/mol. The van der Waals surface area contributed by atoms with Crippen LogP contribution in [0.15, 0.2) is 36.4 Å². The second kappa shape index (κ2) is 12.6. The zero-order valence-electron chi connectivity index (χ0n) is 22.7. The predicted octanol–water partition coefficient (Wildman–Crippen LogP) is 3.04. The number of likely N-dealkylation sites (tertiary alicyclic amines) is 1. The van der Waals surface area contributed by atoms with Crippen LogP contribution in [0, 0.1) is 0 Å². The molecule has 3 aromatic rings. The number of nitrogens with zero attached hydrogens (tertiary/aromatic N) is 5. The van der Waals surface area contributed by atoms with E-state index in [9.17, 15) is 5.11 Å². The van der Waals surface area contributed by atoms with Crippen LogP contribution in [0.1, 0.15) is 24.1 Å². The quantitative estimate of drug-likeness (QED) is 0.509. The molecule has 0 amide bonds. The SMILES string of the molecule is COCCN1CCCC1.COc1nc2c(c(N3CCNCC3)n1)CCN(c1cc(O)cc3ccccc13)C2. The van der Waals surface area contributed by atoms with Gasteiger partial charge in [0.2, 0.25) is 0 Å². The fourth-order valence-electron chi connectivity index (χ4n) is 5.59. The Kier molecular flexibility index (Phi) is 8.78. The lowest BCUT2D eigenvalue weighted by Gasteiger charge is -2.35. The van der Waals surface area contributed by atoms with Crippen molar-refractivity contribution in [1.82, 2.24) is 20.2 Å². The number of hydrogen-bond donors (Lipinski definition) is 2. The van der Waals surface area contributed by atoms with E-state index in [-0.39, 0.29) is 5.75 Å². The molecule has 0 aliphatic carbocycles. The summed E-state index contributed by atoms with van der Waals surface area (Å²) in [5.41, 5.74) is 3.25. The molecule has 1 aromatic heterocycles. The van der Waals surface area contributed by atoms with Crippen molar-refractivity contribution >= 4 is 22.3 Å². The van der Waals surface area contributed by atoms with Crippen LogP contribution in [0.3, 0.4) is 0 Å². The van der Waals surface area contributed by atoms with Crippen molar-refractivity contribution in [2.24, 2.45) is 0 Å². The number of fused-ring (bicyclic) bond motifs is 2. The second-order valence-corrected chi connectivity index (χ2v) is 10.1. The summed E-state index contributed by atoms with van der Waals surface area (Å²) in [6.07, 6.45) is 3.62. The molecule has 6 rings (SSSR count). The minimum atomic E-state index is 0.284. The number of piperazine rings is 1. The van der Waals surface area contributed by atoms with Gasteiger partial charge in [-0.15, -0.1) is 0 Å². The number of nitrogens with one attached hydrogen (secondary N) is 1. The molecule has 2 N–H and O–H groups in total. The summed E-state index contributed by atoms with van der Waals surface area (Å²) in [4.78, 5) is 16.5. The van der Waals surface area contributed by atoms with Crippen LogP contribution < -0.4 is 19.9 Å². The number of phenols is 1. The van der Waals surface area contributed by atoms with Gasteiger partial charge in [-0.25, -0.2) is 0 Å². The molecule has 4 heterocycles. The molecule has 9 heteroatoms. The van der Waals surface area contributed by atoms with E-state index in [1.807, 2.05) is 30.3 Å². The second-order valence-electron chi connectivity index (χ2n) is 10.1. The van der Waals surface area contributed by atoms with Crippen LogP contribution in [0.4, 0.5) is 11.5 Å². The average molecular weight is 521 g/mol. The zero-order valence-corrected chi connectivity index (χ0v) is 22.7. The van der Waals surface area contributed by atoms with Gasteiger partial charge in [0, 0.05) is 69.1 Å². The maximum Gasteiger partial charge on any atom is 0.318 e. The van der Waals surface area contributed by atoms with E-state index < -0.39 is 0 Å². The van der Waals surface area contributed by atoms with Gasteiger partial charge in [0.15, 0.2) is 0 Å². The van der Waals surface area contributed by atoms with Crippen LogP contribution in [0.25, 0.3) is 10.8 Å². The first-order valence-electron chi connectivity index (χ1n) is 13.7. The third kappa shape index (κ3) is 6.11. The monoisotopic (exact) mass is 520 g/mol. The minimum absolute atomic E-state index is 0.284. The van der Waals surface area contributed by atoms with E-state index in [1.165, 1.54) is 31.5 Å². The Bertz CT molecular complexity index is 1210. The highest BCUT2D eigenvalue weighted by Gasteiger charge is 2.27. The Balaban J connectivity index is 0.000000278. The van der Waals surface area contributed by atoms with Crippen LogP contribution >= 0.6 is 0 Å². The molecule has 204 valence electrons. The first-order chi connectivity index (χ1) is 18.7. The number of benzene rings is 2. The molecule has 38 heavy (non-hydrogen) atoms. The van der Waals surface area contributed by atoms with Gasteiger partial charge in [0.25, 0.3) is 0 Å². The largest absolute Gasteiger partial charge is 0.508 e. The van der Waals surface area contributed by atoms with E-state index in [4.69, 9.17) is 14.5 Å². The van der Waals surface area contributed by atoms with Crippen molar-refractivity contribution in [3.8, 4) is 11.8 Å². The van der Waals surface area contributed by atoms with Crippen LogP contribution in [-0.4, -0.2) is 93.2 Å². The van der Waals surface area contributed by atoms with Crippen molar-refractivity contribution < 1.29 is 14.6 Å². The van der Waals surface area contributed by atoms with Crippen LogP contribution in [0.2, 0.25) is 0 Å². The first-order valence-corrected chi connectivity index (χ1v) is 13.7. The maximum absolute atomic E-state index is 10.2. The zero-order chi connectivity index (χ0) is 26.3. The summed E-state index contributed by atoms with van der Waals surface area (Å²) >= 11 is 0. The smallest absolute Gasteiger partial charge is 0.318 e. The fourth-order valence-corrected chi connectivity index (χ4v) is 5.59. The molecule has 2 fully saturated rings. The topological polar surface area (TPSA) is 86.2 Å². The summed E-state index contributed by atoms with van der Waals surface area (Å²) in [5.74, 6) is 1.29. The molecule has 0 radical (unpaired) electrons. The Morgan fingerprint density at radius 3 is 2.50 bits per heavy atom. The minimum Gasteiger partial charge on any atom is -0.508 e. The highest BCUT2D eigenvalue weighted by molar-refractivity contribution is 5.95.